The average molecular weight is 341 g/mol. The van der Waals surface area contributed by atoms with Gasteiger partial charge in [-0.1, -0.05) is 39.7 Å². The smallest absolute Gasteiger partial charge is 0.142 e. The van der Waals surface area contributed by atoms with E-state index in [-0.39, 0.29) is 0 Å². The highest BCUT2D eigenvalue weighted by Crippen LogP contribution is 2.27. The number of rotatable bonds is 4. The van der Waals surface area contributed by atoms with Gasteiger partial charge in [-0.2, -0.15) is 0 Å². The topological polar surface area (TPSA) is 21.3 Å². The lowest BCUT2D eigenvalue weighted by molar-refractivity contribution is 0.416. The van der Waals surface area contributed by atoms with Crippen LogP contribution >= 0.6 is 27.5 Å². The lowest BCUT2D eigenvalue weighted by Crippen LogP contribution is -2.02. The van der Waals surface area contributed by atoms with Gasteiger partial charge in [0.15, 0.2) is 0 Å². The predicted molar refractivity (Wildman–Crippen MR) is 84.2 cm³/mol. The van der Waals surface area contributed by atoms with E-state index in [1.807, 2.05) is 43.3 Å². The molecule has 0 unspecified atom stereocenters. The number of benzene rings is 2. The van der Waals surface area contributed by atoms with Crippen molar-refractivity contribution in [3.63, 3.8) is 0 Å². The van der Waals surface area contributed by atoms with Gasteiger partial charge in [0.1, 0.15) is 5.75 Å². The van der Waals surface area contributed by atoms with Crippen LogP contribution in [-0.4, -0.2) is 7.11 Å². The Balaban J connectivity index is 2.14. The Morgan fingerprint density at radius 3 is 2.68 bits per heavy atom. The summed E-state index contributed by atoms with van der Waals surface area (Å²) in [6, 6.07) is 11.9. The van der Waals surface area contributed by atoms with Crippen molar-refractivity contribution >= 4 is 33.2 Å². The van der Waals surface area contributed by atoms with Gasteiger partial charge in [-0.05, 0) is 42.3 Å². The van der Waals surface area contributed by atoms with Crippen molar-refractivity contribution in [2.45, 2.75) is 13.5 Å². The molecule has 19 heavy (non-hydrogen) atoms. The molecule has 1 N–H and O–H groups in total. The van der Waals surface area contributed by atoms with Crippen LogP contribution in [0.25, 0.3) is 0 Å². The van der Waals surface area contributed by atoms with Crippen LogP contribution in [0.4, 0.5) is 5.69 Å². The quantitative estimate of drug-likeness (QED) is 0.842. The Morgan fingerprint density at radius 1 is 1.21 bits per heavy atom. The lowest BCUT2D eigenvalue weighted by atomic mass is 10.2. The summed E-state index contributed by atoms with van der Waals surface area (Å²) >= 11 is 9.59. The summed E-state index contributed by atoms with van der Waals surface area (Å²) < 4.78 is 6.34. The molecule has 0 fully saturated rings. The first-order valence-electron chi connectivity index (χ1n) is 5.92. The van der Waals surface area contributed by atoms with Gasteiger partial charge < -0.3 is 10.1 Å². The monoisotopic (exact) mass is 339 g/mol. The molecule has 0 saturated carbocycles. The van der Waals surface area contributed by atoms with Gasteiger partial charge in [0.05, 0.1) is 12.8 Å². The van der Waals surface area contributed by atoms with E-state index in [0.29, 0.717) is 6.54 Å². The lowest BCUT2D eigenvalue weighted by Gasteiger charge is -2.12. The number of nitrogens with one attached hydrogen (secondary N) is 1. The molecule has 0 atom stereocenters. The molecule has 0 bridgehead atoms. The highest BCUT2D eigenvalue weighted by molar-refractivity contribution is 9.10. The number of aryl methyl sites for hydroxylation is 1. The van der Waals surface area contributed by atoms with E-state index in [2.05, 4.69) is 21.2 Å². The molecule has 2 aromatic rings. The van der Waals surface area contributed by atoms with E-state index in [9.17, 15) is 0 Å². The maximum absolute atomic E-state index is 6.19. The fraction of sp³-hybridized carbons (Fsp3) is 0.200. The fourth-order valence-corrected chi connectivity index (χ4v) is 2.54. The average Bonchev–Trinajstić information content (AvgIpc) is 2.39. The molecule has 0 aliphatic rings. The van der Waals surface area contributed by atoms with Crippen LogP contribution in [0.5, 0.6) is 5.75 Å². The Hall–Kier alpha value is -1.19. The molecule has 100 valence electrons. The Morgan fingerprint density at radius 2 is 2.00 bits per heavy atom. The van der Waals surface area contributed by atoms with Crippen LogP contribution < -0.4 is 10.1 Å². The molecule has 0 amide bonds. The van der Waals surface area contributed by atoms with E-state index in [4.69, 9.17) is 16.3 Å². The summed E-state index contributed by atoms with van der Waals surface area (Å²) in [7, 11) is 1.67. The third-order valence-corrected chi connectivity index (χ3v) is 3.69. The van der Waals surface area contributed by atoms with Crippen LogP contribution in [0, 0.1) is 6.92 Å². The summed E-state index contributed by atoms with van der Waals surface area (Å²) in [5.41, 5.74) is 3.18. The fourth-order valence-electron chi connectivity index (χ4n) is 1.80. The normalized spacial score (nSPS) is 10.3. The van der Waals surface area contributed by atoms with Gasteiger partial charge in [0, 0.05) is 16.0 Å². The summed E-state index contributed by atoms with van der Waals surface area (Å²) in [6.07, 6.45) is 0. The molecule has 0 radical (unpaired) electrons. The van der Waals surface area contributed by atoms with Gasteiger partial charge in [-0.3, -0.25) is 0 Å². The zero-order valence-corrected chi connectivity index (χ0v) is 13.2. The minimum Gasteiger partial charge on any atom is -0.495 e. The van der Waals surface area contributed by atoms with Crippen molar-refractivity contribution in [3.05, 3.63) is 57.0 Å². The Bertz CT molecular complexity index is 586. The molecule has 2 nitrogen and oxygen atoms in total. The van der Waals surface area contributed by atoms with Gasteiger partial charge in [-0.25, -0.2) is 0 Å². The van der Waals surface area contributed by atoms with Crippen LogP contribution in [0.15, 0.2) is 40.9 Å². The first kappa shape index (κ1) is 14.2. The van der Waals surface area contributed by atoms with E-state index in [0.717, 1.165) is 26.5 Å². The summed E-state index contributed by atoms with van der Waals surface area (Å²) in [6.45, 7) is 2.70. The van der Waals surface area contributed by atoms with Gasteiger partial charge >= 0.3 is 0 Å². The molecular weight excluding hydrogens is 326 g/mol. The predicted octanol–water partition coefficient (Wildman–Crippen LogP) is 5.03. The molecular formula is C15H15BrClNO. The number of hydrogen-bond donors (Lipinski definition) is 1. The van der Waals surface area contributed by atoms with Crippen molar-refractivity contribution in [3.8, 4) is 5.75 Å². The largest absolute Gasteiger partial charge is 0.495 e. The number of anilines is 1. The third kappa shape index (κ3) is 3.64. The molecule has 2 aromatic carbocycles. The van der Waals surface area contributed by atoms with E-state index in [1.54, 1.807) is 7.11 Å². The zero-order chi connectivity index (χ0) is 13.8. The minimum atomic E-state index is 0.658. The minimum absolute atomic E-state index is 0.658. The molecule has 0 aromatic heterocycles. The molecule has 0 aliphatic heterocycles. The highest BCUT2D eigenvalue weighted by atomic mass is 79.9. The maximum Gasteiger partial charge on any atom is 0.142 e. The van der Waals surface area contributed by atoms with Crippen LogP contribution in [0.2, 0.25) is 5.02 Å². The Kier molecular flexibility index (Phi) is 4.72. The summed E-state index contributed by atoms with van der Waals surface area (Å²) in [5.74, 6) is 0.841. The Labute approximate surface area is 126 Å². The van der Waals surface area contributed by atoms with E-state index >= 15 is 0 Å². The SMILES string of the molecule is COc1cc(C)ccc1NCc1ccc(Br)cc1Cl. The molecule has 0 aliphatic carbocycles. The van der Waals surface area contributed by atoms with Crippen molar-refractivity contribution in [2.24, 2.45) is 0 Å². The molecule has 4 heteroatoms. The van der Waals surface area contributed by atoms with Crippen LogP contribution in [-0.2, 0) is 6.54 Å². The van der Waals surface area contributed by atoms with Gasteiger partial charge in [0.2, 0.25) is 0 Å². The summed E-state index contributed by atoms with van der Waals surface area (Å²) in [5, 5.41) is 4.09. The number of methoxy groups -OCH3 is 1. The molecule has 0 heterocycles. The van der Waals surface area contributed by atoms with Gasteiger partial charge in [-0.15, -0.1) is 0 Å². The first-order valence-corrected chi connectivity index (χ1v) is 7.09. The van der Waals surface area contributed by atoms with Crippen molar-refractivity contribution in [1.82, 2.24) is 0 Å². The van der Waals surface area contributed by atoms with Crippen LogP contribution in [0.3, 0.4) is 0 Å². The summed E-state index contributed by atoms with van der Waals surface area (Å²) in [4.78, 5) is 0. The highest BCUT2D eigenvalue weighted by Gasteiger charge is 2.05. The molecule has 2 rings (SSSR count). The standard InChI is InChI=1S/C15H15BrClNO/c1-10-3-6-14(15(7-10)19-2)18-9-11-4-5-12(16)8-13(11)17/h3-8,18H,9H2,1-2H3. The number of hydrogen-bond acceptors (Lipinski definition) is 2. The second-order valence-electron chi connectivity index (χ2n) is 4.29. The van der Waals surface area contributed by atoms with Crippen molar-refractivity contribution in [2.75, 3.05) is 12.4 Å². The number of halogens is 2. The van der Waals surface area contributed by atoms with E-state index in [1.165, 1.54) is 5.56 Å². The second kappa shape index (κ2) is 6.31. The first-order chi connectivity index (χ1) is 9.10. The molecule has 0 spiro atoms. The maximum atomic E-state index is 6.19. The van der Waals surface area contributed by atoms with Gasteiger partial charge in [0.25, 0.3) is 0 Å². The third-order valence-electron chi connectivity index (χ3n) is 2.84. The zero-order valence-electron chi connectivity index (χ0n) is 10.8. The number of ether oxygens (including phenoxy) is 1. The van der Waals surface area contributed by atoms with E-state index < -0.39 is 0 Å². The van der Waals surface area contributed by atoms with Crippen molar-refractivity contribution in [1.29, 1.82) is 0 Å². The molecule has 0 saturated heterocycles. The second-order valence-corrected chi connectivity index (χ2v) is 5.62. The van der Waals surface area contributed by atoms with Crippen LogP contribution in [0.1, 0.15) is 11.1 Å². The van der Waals surface area contributed by atoms with Crippen molar-refractivity contribution < 1.29 is 4.74 Å².